The lowest BCUT2D eigenvalue weighted by Gasteiger charge is -2.15. The van der Waals surface area contributed by atoms with E-state index in [1.165, 1.54) is 18.2 Å². The number of halogens is 1. The van der Waals surface area contributed by atoms with Crippen molar-refractivity contribution in [3.63, 3.8) is 0 Å². The van der Waals surface area contributed by atoms with Crippen LogP contribution in [0.1, 0.15) is 17.2 Å². The Morgan fingerprint density at radius 3 is 2.81 bits per heavy atom. The smallest absolute Gasteiger partial charge is 0.410 e. The molecule has 0 spiro atoms. The Bertz CT molecular complexity index is 830. The van der Waals surface area contributed by atoms with Crippen molar-refractivity contribution in [3.8, 4) is 0 Å². The first-order valence-electron chi connectivity index (χ1n) is 8.51. The van der Waals surface area contributed by atoms with Gasteiger partial charge in [-0.15, -0.1) is 0 Å². The minimum atomic E-state index is -1.15. The Hall–Kier alpha value is -3.13. The summed E-state index contributed by atoms with van der Waals surface area (Å²) in [6.07, 6.45) is -1.50. The van der Waals surface area contributed by atoms with Crippen molar-refractivity contribution in [2.24, 2.45) is 0 Å². The molecule has 27 heavy (non-hydrogen) atoms. The molecule has 2 aromatic carbocycles. The molecule has 0 bridgehead atoms. The average Bonchev–Trinajstić information content (AvgIpc) is 3.05. The third kappa shape index (κ3) is 4.95. The van der Waals surface area contributed by atoms with Crippen LogP contribution in [0.25, 0.3) is 0 Å². The van der Waals surface area contributed by atoms with E-state index in [1.54, 1.807) is 29.2 Å². The predicted molar refractivity (Wildman–Crippen MR) is 96.6 cm³/mol. The van der Waals surface area contributed by atoms with Gasteiger partial charge in [0.15, 0.2) is 0 Å². The van der Waals surface area contributed by atoms with Crippen LogP contribution >= 0.6 is 0 Å². The summed E-state index contributed by atoms with van der Waals surface area (Å²) in [5, 5.41) is 15.2. The van der Waals surface area contributed by atoms with Gasteiger partial charge in [0.1, 0.15) is 12.4 Å². The molecule has 8 heteroatoms. The van der Waals surface area contributed by atoms with E-state index in [1.807, 2.05) is 6.07 Å². The number of carbonyl (C=O) groups excluding carboxylic acids is 2. The minimum absolute atomic E-state index is 0.122. The maximum atomic E-state index is 13.6. The van der Waals surface area contributed by atoms with Crippen molar-refractivity contribution in [2.75, 3.05) is 25.0 Å². The molecule has 3 amide bonds. The number of nitrogens with zero attached hydrogens (tertiary/aromatic N) is 1. The van der Waals surface area contributed by atoms with Gasteiger partial charge in [-0.3, -0.25) is 0 Å². The normalized spacial score (nSPS) is 14.6. The van der Waals surface area contributed by atoms with Crippen LogP contribution in [0.4, 0.5) is 19.7 Å². The fraction of sp³-hybridized carbons (Fsp3) is 0.263. The van der Waals surface area contributed by atoms with E-state index >= 15 is 0 Å². The molecule has 2 aromatic rings. The molecule has 0 aromatic heterocycles. The predicted octanol–water partition coefficient (Wildman–Crippen LogP) is 2.63. The maximum Gasteiger partial charge on any atom is 0.410 e. The van der Waals surface area contributed by atoms with E-state index in [2.05, 4.69) is 10.6 Å². The molecular weight excluding hydrogens is 353 g/mol. The number of cyclic esters (lactones) is 1. The molecule has 0 aliphatic carbocycles. The number of hydrogen-bond acceptors (Lipinski definition) is 4. The highest BCUT2D eigenvalue weighted by atomic mass is 19.1. The van der Waals surface area contributed by atoms with E-state index in [9.17, 15) is 19.1 Å². The lowest BCUT2D eigenvalue weighted by atomic mass is 10.1. The third-order valence-electron chi connectivity index (χ3n) is 4.12. The summed E-state index contributed by atoms with van der Waals surface area (Å²) in [4.78, 5) is 25.1. The Labute approximate surface area is 155 Å². The van der Waals surface area contributed by atoms with E-state index in [0.29, 0.717) is 25.4 Å². The average molecular weight is 373 g/mol. The van der Waals surface area contributed by atoms with Gasteiger partial charge in [-0.2, -0.15) is 0 Å². The lowest BCUT2D eigenvalue weighted by Crippen LogP contribution is -2.32. The van der Waals surface area contributed by atoms with Gasteiger partial charge in [-0.1, -0.05) is 30.3 Å². The number of urea groups is 1. The zero-order chi connectivity index (χ0) is 19.2. The lowest BCUT2D eigenvalue weighted by molar-refractivity contribution is 0.157. The van der Waals surface area contributed by atoms with Crippen molar-refractivity contribution in [3.05, 3.63) is 65.5 Å². The molecule has 3 N–H and O–H groups in total. The summed E-state index contributed by atoms with van der Waals surface area (Å²) in [6.45, 7) is 1.17. The number of rotatable bonds is 6. The van der Waals surface area contributed by atoms with Crippen molar-refractivity contribution >= 4 is 17.8 Å². The zero-order valence-corrected chi connectivity index (χ0v) is 14.5. The molecular formula is C19H20FN3O4. The number of hydrogen-bond donors (Lipinski definition) is 3. The summed E-state index contributed by atoms with van der Waals surface area (Å²) in [5.74, 6) is -0.527. The number of aliphatic hydroxyl groups is 1. The Morgan fingerprint density at radius 1 is 1.26 bits per heavy atom. The first-order valence-corrected chi connectivity index (χ1v) is 8.51. The second-order valence-electron chi connectivity index (χ2n) is 6.11. The molecule has 0 saturated carbocycles. The van der Waals surface area contributed by atoms with Gasteiger partial charge in [-0.05, 0) is 23.8 Å². The fourth-order valence-corrected chi connectivity index (χ4v) is 2.76. The largest absolute Gasteiger partial charge is 0.448 e. The Balaban J connectivity index is 1.52. The number of aliphatic hydroxyl groups excluding tert-OH is 1. The standard InChI is InChI=1S/C19H20FN3O4/c20-16-7-2-1-6-15(16)17(24)11-21-18(25)22-14-5-3-4-13(10-14)12-23-8-9-27-19(23)26/h1-7,10,17,24H,8-9,11-12H2,(H2,21,22,25)/t17-/m1/s1. The summed E-state index contributed by atoms with van der Waals surface area (Å²) in [6, 6.07) is 12.4. The van der Waals surface area contributed by atoms with Crippen LogP contribution in [0.15, 0.2) is 48.5 Å². The molecule has 1 aliphatic rings. The van der Waals surface area contributed by atoms with Crippen LogP contribution < -0.4 is 10.6 Å². The molecule has 1 atom stereocenters. The number of amides is 3. The maximum absolute atomic E-state index is 13.6. The quantitative estimate of drug-likeness (QED) is 0.726. The number of nitrogens with one attached hydrogen (secondary N) is 2. The van der Waals surface area contributed by atoms with Crippen LogP contribution in [0.3, 0.4) is 0 Å². The molecule has 0 radical (unpaired) electrons. The summed E-state index contributed by atoms with van der Waals surface area (Å²) in [7, 11) is 0. The van der Waals surface area contributed by atoms with Gasteiger partial charge < -0.3 is 25.4 Å². The number of benzene rings is 2. The Kier molecular flexibility index (Phi) is 5.87. The SMILES string of the molecule is O=C(NC[C@@H](O)c1ccccc1F)Nc1cccc(CN2CCOC2=O)c1. The molecule has 1 heterocycles. The van der Waals surface area contributed by atoms with Gasteiger partial charge in [0.25, 0.3) is 0 Å². The molecule has 1 saturated heterocycles. The first kappa shape index (κ1) is 18.7. The van der Waals surface area contributed by atoms with E-state index in [0.717, 1.165) is 5.56 Å². The number of anilines is 1. The fourth-order valence-electron chi connectivity index (χ4n) is 2.76. The van der Waals surface area contributed by atoms with E-state index in [4.69, 9.17) is 4.74 Å². The summed E-state index contributed by atoms with van der Waals surface area (Å²) < 4.78 is 18.5. The minimum Gasteiger partial charge on any atom is -0.448 e. The van der Waals surface area contributed by atoms with Crippen molar-refractivity contribution in [1.29, 1.82) is 0 Å². The van der Waals surface area contributed by atoms with E-state index in [-0.39, 0.29) is 18.2 Å². The van der Waals surface area contributed by atoms with Crippen LogP contribution in [0, 0.1) is 5.82 Å². The number of carbonyl (C=O) groups is 2. The van der Waals surface area contributed by atoms with Gasteiger partial charge in [0, 0.05) is 24.3 Å². The third-order valence-corrected chi connectivity index (χ3v) is 4.12. The molecule has 0 unspecified atom stereocenters. The topological polar surface area (TPSA) is 90.9 Å². The Morgan fingerprint density at radius 2 is 2.07 bits per heavy atom. The molecule has 142 valence electrons. The number of ether oxygens (including phenoxy) is 1. The molecule has 7 nitrogen and oxygen atoms in total. The van der Waals surface area contributed by atoms with Gasteiger partial charge in [0.2, 0.25) is 0 Å². The molecule has 1 fully saturated rings. The van der Waals surface area contributed by atoms with E-state index < -0.39 is 18.0 Å². The highest BCUT2D eigenvalue weighted by molar-refractivity contribution is 5.89. The van der Waals surface area contributed by atoms with Crippen molar-refractivity contribution in [2.45, 2.75) is 12.6 Å². The van der Waals surface area contributed by atoms with Crippen molar-refractivity contribution < 1.29 is 23.8 Å². The van der Waals surface area contributed by atoms with Crippen LogP contribution in [0.2, 0.25) is 0 Å². The van der Waals surface area contributed by atoms with Crippen LogP contribution in [-0.4, -0.2) is 41.8 Å². The zero-order valence-electron chi connectivity index (χ0n) is 14.5. The van der Waals surface area contributed by atoms with Gasteiger partial charge >= 0.3 is 12.1 Å². The second-order valence-corrected chi connectivity index (χ2v) is 6.11. The van der Waals surface area contributed by atoms with Gasteiger partial charge in [0.05, 0.1) is 12.6 Å². The molecule has 1 aliphatic heterocycles. The summed E-state index contributed by atoms with van der Waals surface area (Å²) >= 11 is 0. The monoisotopic (exact) mass is 373 g/mol. The first-order chi connectivity index (χ1) is 13.0. The van der Waals surface area contributed by atoms with Crippen LogP contribution in [-0.2, 0) is 11.3 Å². The molecule has 3 rings (SSSR count). The highest BCUT2D eigenvalue weighted by Gasteiger charge is 2.21. The summed E-state index contributed by atoms with van der Waals surface area (Å²) in [5.41, 5.74) is 1.51. The van der Waals surface area contributed by atoms with Crippen LogP contribution in [0.5, 0.6) is 0 Å². The second kappa shape index (κ2) is 8.50. The van der Waals surface area contributed by atoms with Gasteiger partial charge in [-0.25, -0.2) is 14.0 Å². The highest BCUT2D eigenvalue weighted by Crippen LogP contribution is 2.17. The van der Waals surface area contributed by atoms with Crippen molar-refractivity contribution in [1.82, 2.24) is 10.2 Å².